The van der Waals surface area contributed by atoms with Gasteiger partial charge in [-0.05, 0) is 30.9 Å². The van der Waals surface area contributed by atoms with Crippen LogP contribution in [0.2, 0.25) is 0 Å². The van der Waals surface area contributed by atoms with Gasteiger partial charge in [-0.1, -0.05) is 6.07 Å². The van der Waals surface area contributed by atoms with Gasteiger partial charge in [0.05, 0.1) is 16.9 Å². The fraction of sp³-hybridized carbons (Fsp3) is 0.500. The molecule has 5 nitrogen and oxygen atoms in total. The quantitative estimate of drug-likeness (QED) is 0.801. The molecule has 0 radical (unpaired) electrons. The van der Waals surface area contributed by atoms with Crippen molar-refractivity contribution in [1.82, 2.24) is 0 Å². The molecule has 1 aliphatic heterocycles. The highest BCUT2D eigenvalue weighted by atomic mass is 16.5. The van der Waals surface area contributed by atoms with Crippen LogP contribution in [0, 0.1) is 5.92 Å². The molecule has 5 heteroatoms. The highest BCUT2D eigenvalue weighted by Gasteiger charge is 2.20. The molecular weight excluding hydrogens is 242 g/mol. The minimum atomic E-state index is -0.443. The van der Waals surface area contributed by atoms with Gasteiger partial charge in [-0.25, -0.2) is 0 Å². The Kier molecular flexibility index (Phi) is 4.27. The molecule has 1 saturated heterocycles. The van der Waals surface area contributed by atoms with Crippen molar-refractivity contribution in [2.24, 2.45) is 11.7 Å². The maximum atomic E-state index is 11.5. The Morgan fingerprint density at radius 2 is 2.11 bits per heavy atom. The average Bonchev–Trinajstić information content (AvgIpc) is 2.39. The number of nitrogen functional groups attached to an aromatic ring is 1. The Morgan fingerprint density at radius 1 is 1.42 bits per heavy atom. The number of carbonyl (C=O) groups is 1. The Labute approximate surface area is 113 Å². The van der Waals surface area contributed by atoms with Crippen LogP contribution < -0.4 is 16.4 Å². The van der Waals surface area contributed by atoms with Crippen LogP contribution in [0.4, 0.5) is 11.4 Å². The van der Waals surface area contributed by atoms with E-state index in [0.717, 1.165) is 38.3 Å². The maximum Gasteiger partial charge on any atom is 0.250 e. The Hall–Kier alpha value is -1.75. The number of nitrogens with zero attached hydrogens (tertiary/aromatic N) is 1. The molecule has 1 aromatic rings. The van der Waals surface area contributed by atoms with Gasteiger partial charge in [0.2, 0.25) is 0 Å². The summed E-state index contributed by atoms with van der Waals surface area (Å²) in [5.74, 6) is 0.125. The molecule has 0 unspecified atom stereocenters. The van der Waals surface area contributed by atoms with Crippen molar-refractivity contribution >= 4 is 17.3 Å². The SMILES string of the molecule is CN(CC1CCOCC1)c1c(N)cccc1C(N)=O. The van der Waals surface area contributed by atoms with E-state index in [2.05, 4.69) is 0 Å². The van der Waals surface area contributed by atoms with Gasteiger partial charge in [-0.2, -0.15) is 0 Å². The molecule has 19 heavy (non-hydrogen) atoms. The number of anilines is 2. The fourth-order valence-electron chi connectivity index (χ4n) is 2.59. The normalized spacial score (nSPS) is 16.3. The molecule has 0 saturated carbocycles. The van der Waals surface area contributed by atoms with Crippen LogP contribution in [0.5, 0.6) is 0 Å². The second-order valence-electron chi connectivity index (χ2n) is 5.04. The molecule has 0 aliphatic carbocycles. The average molecular weight is 263 g/mol. The molecule has 104 valence electrons. The standard InChI is InChI=1S/C14H21N3O2/c1-17(9-10-5-7-19-8-6-10)13-11(14(16)18)3-2-4-12(13)15/h2-4,10H,5-9,15H2,1H3,(H2,16,18). The molecule has 1 aromatic carbocycles. The molecule has 0 atom stereocenters. The fourth-order valence-corrected chi connectivity index (χ4v) is 2.59. The molecule has 2 rings (SSSR count). The Balaban J connectivity index is 2.17. The second-order valence-corrected chi connectivity index (χ2v) is 5.04. The number of ether oxygens (including phenoxy) is 1. The van der Waals surface area contributed by atoms with Gasteiger partial charge < -0.3 is 21.1 Å². The number of nitrogens with two attached hydrogens (primary N) is 2. The summed E-state index contributed by atoms with van der Waals surface area (Å²) in [7, 11) is 1.95. The minimum absolute atomic E-state index is 0.443. The van der Waals surface area contributed by atoms with Crippen molar-refractivity contribution in [2.75, 3.05) is 37.4 Å². The number of para-hydroxylation sites is 1. The first-order chi connectivity index (χ1) is 9.09. The van der Waals surface area contributed by atoms with E-state index < -0.39 is 5.91 Å². The number of benzene rings is 1. The van der Waals surface area contributed by atoms with E-state index in [9.17, 15) is 4.79 Å². The number of amides is 1. The highest BCUT2D eigenvalue weighted by molar-refractivity contribution is 6.01. The van der Waals surface area contributed by atoms with E-state index in [1.165, 1.54) is 0 Å². The van der Waals surface area contributed by atoms with Crippen molar-refractivity contribution in [3.05, 3.63) is 23.8 Å². The third-order valence-electron chi connectivity index (χ3n) is 3.59. The van der Waals surface area contributed by atoms with Gasteiger partial charge in [-0.3, -0.25) is 4.79 Å². The third-order valence-corrected chi connectivity index (χ3v) is 3.59. The highest BCUT2D eigenvalue weighted by Crippen LogP contribution is 2.28. The molecule has 0 aromatic heterocycles. The van der Waals surface area contributed by atoms with Crippen LogP contribution in [0.3, 0.4) is 0 Å². The molecular formula is C14H21N3O2. The zero-order chi connectivity index (χ0) is 13.8. The molecule has 1 aliphatic rings. The number of primary amides is 1. The number of carbonyl (C=O) groups excluding carboxylic acids is 1. The van der Waals surface area contributed by atoms with Crippen LogP contribution in [-0.4, -0.2) is 32.7 Å². The lowest BCUT2D eigenvalue weighted by Gasteiger charge is -2.30. The topological polar surface area (TPSA) is 81.6 Å². The zero-order valence-electron chi connectivity index (χ0n) is 11.3. The van der Waals surface area contributed by atoms with Crippen LogP contribution in [0.25, 0.3) is 0 Å². The number of hydrogen-bond acceptors (Lipinski definition) is 4. The molecule has 0 bridgehead atoms. The lowest BCUT2D eigenvalue weighted by atomic mass is 9.99. The van der Waals surface area contributed by atoms with Crippen LogP contribution >= 0.6 is 0 Å². The number of rotatable bonds is 4. The summed E-state index contributed by atoms with van der Waals surface area (Å²) in [5, 5.41) is 0. The van der Waals surface area contributed by atoms with E-state index in [4.69, 9.17) is 16.2 Å². The predicted molar refractivity (Wildman–Crippen MR) is 76.2 cm³/mol. The Morgan fingerprint density at radius 3 is 2.74 bits per heavy atom. The lowest BCUT2D eigenvalue weighted by Crippen LogP contribution is -2.31. The van der Waals surface area contributed by atoms with E-state index in [-0.39, 0.29) is 0 Å². The van der Waals surface area contributed by atoms with Gasteiger partial charge in [0.15, 0.2) is 0 Å². The second kappa shape index (κ2) is 5.93. The first-order valence-electron chi connectivity index (χ1n) is 6.56. The van der Waals surface area contributed by atoms with Crippen molar-refractivity contribution in [3.8, 4) is 0 Å². The first kappa shape index (κ1) is 13.7. The lowest BCUT2D eigenvalue weighted by molar-refractivity contribution is 0.0685. The molecule has 1 fully saturated rings. The zero-order valence-corrected chi connectivity index (χ0v) is 11.3. The van der Waals surface area contributed by atoms with Crippen LogP contribution in [0.15, 0.2) is 18.2 Å². The van der Waals surface area contributed by atoms with Crippen molar-refractivity contribution in [3.63, 3.8) is 0 Å². The summed E-state index contributed by atoms with van der Waals surface area (Å²) in [6.45, 7) is 2.48. The summed E-state index contributed by atoms with van der Waals surface area (Å²) < 4.78 is 5.36. The largest absolute Gasteiger partial charge is 0.397 e. The molecule has 1 heterocycles. The predicted octanol–water partition coefficient (Wildman–Crippen LogP) is 1.23. The van der Waals surface area contributed by atoms with Gasteiger partial charge in [-0.15, -0.1) is 0 Å². The molecule has 0 spiro atoms. The molecule has 1 amide bonds. The first-order valence-corrected chi connectivity index (χ1v) is 6.56. The van der Waals surface area contributed by atoms with Crippen LogP contribution in [-0.2, 0) is 4.74 Å². The van der Waals surface area contributed by atoms with Crippen LogP contribution in [0.1, 0.15) is 23.2 Å². The summed E-state index contributed by atoms with van der Waals surface area (Å²) in [6, 6.07) is 5.26. The summed E-state index contributed by atoms with van der Waals surface area (Å²) in [6.07, 6.45) is 2.09. The van der Waals surface area contributed by atoms with Gasteiger partial charge in [0, 0.05) is 26.8 Å². The monoisotopic (exact) mass is 263 g/mol. The van der Waals surface area contributed by atoms with E-state index in [0.29, 0.717) is 17.2 Å². The van der Waals surface area contributed by atoms with Gasteiger partial charge >= 0.3 is 0 Å². The van der Waals surface area contributed by atoms with E-state index in [1.807, 2.05) is 11.9 Å². The van der Waals surface area contributed by atoms with Crippen molar-refractivity contribution < 1.29 is 9.53 Å². The van der Waals surface area contributed by atoms with Crippen molar-refractivity contribution in [2.45, 2.75) is 12.8 Å². The summed E-state index contributed by atoms with van der Waals surface area (Å²) in [5.41, 5.74) is 13.2. The smallest absolute Gasteiger partial charge is 0.250 e. The Bertz CT molecular complexity index is 456. The molecule has 4 N–H and O–H groups in total. The van der Waals surface area contributed by atoms with E-state index >= 15 is 0 Å². The van der Waals surface area contributed by atoms with Gasteiger partial charge in [0.25, 0.3) is 5.91 Å². The minimum Gasteiger partial charge on any atom is -0.397 e. The summed E-state index contributed by atoms with van der Waals surface area (Å²) in [4.78, 5) is 13.5. The third kappa shape index (κ3) is 3.17. The number of hydrogen-bond donors (Lipinski definition) is 2. The maximum absolute atomic E-state index is 11.5. The summed E-state index contributed by atoms with van der Waals surface area (Å²) >= 11 is 0. The van der Waals surface area contributed by atoms with Gasteiger partial charge in [0.1, 0.15) is 0 Å². The van der Waals surface area contributed by atoms with E-state index in [1.54, 1.807) is 18.2 Å². The van der Waals surface area contributed by atoms with Crippen molar-refractivity contribution in [1.29, 1.82) is 0 Å².